The molecule has 3 nitrogen and oxygen atoms in total. The van der Waals surface area contributed by atoms with E-state index in [0.717, 1.165) is 21.9 Å². The maximum absolute atomic E-state index is 14.4. The first kappa shape index (κ1) is 18.9. The highest BCUT2D eigenvalue weighted by Crippen LogP contribution is 2.30. The van der Waals surface area contributed by atoms with Gasteiger partial charge in [-0.25, -0.2) is 13.5 Å². The van der Waals surface area contributed by atoms with Crippen molar-refractivity contribution in [1.29, 1.82) is 0 Å². The summed E-state index contributed by atoms with van der Waals surface area (Å²) in [6.45, 7) is 3.54. The van der Waals surface area contributed by atoms with Crippen molar-refractivity contribution >= 4 is 5.69 Å². The molecule has 0 aliphatic carbocycles. The topological polar surface area (TPSA) is 29.9 Å². The van der Waals surface area contributed by atoms with Crippen LogP contribution >= 0.6 is 0 Å². The van der Waals surface area contributed by atoms with Gasteiger partial charge in [0.25, 0.3) is 0 Å². The molecule has 0 saturated heterocycles. The van der Waals surface area contributed by atoms with E-state index in [4.69, 9.17) is 0 Å². The van der Waals surface area contributed by atoms with Gasteiger partial charge in [0.2, 0.25) is 0 Å². The molecule has 3 aromatic rings. The zero-order valence-electron chi connectivity index (χ0n) is 14.5. The number of nitrogens with zero attached hydrogens (tertiary/aromatic N) is 2. The minimum atomic E-state index is -4.60. The number of halogens is 5. The van der Waals surface area contributed by atoms with Crippen LogP contribution in [0.5, 0.6) is 0 Å². The molecule has 0 spiro atoms. The Hall–Kier alpha value is -2.90. The molecule has 0 bridgehead atoms. The molecular formula is C19H16F5N3. The Kier molecular flexibility index (Phi) is 4.91. The van der Waals surface area contributed by atoms with Gasteiger partial charge in [0.1, 0.15) is 11.5 Å². The monoisotopic (exact) mass is 381 g/mol. The van der Waals surface area contributed by atoms with Gasteiger partial charge in [0, 0.05) is 17.9 Å². The van der Waals surface area contributed by atoms with Gasteiger partial charge in [-0.3, -0.25) is 0 Å². The summed E-state index contributed by atoms with van der Waals surface area (Å²) in [5.74, 6) is -1.05. The first-order chi connectivity index (χ1) is 12.6. The smallest absolute Gasteiger partial charge is 0.381 e. The quantitative estimate of drug-likeness (QED) is 0.614. The van der Waals surface area contributed by atoms with Crippen LogP contribution in [0.3, 0.4) is 0 Å². The summed E-state index contributed by atoms with van der Waals surface area (Å²) < 4.78 is 66.8. The first-order valence-electron chi connectivity index (χ1n) is 8.08. The molecule has 3 rings (SSSR count). The molecule has 1 heterocycles. The van der Waals surface area contributed by atoms with Gasteiger partial charge in [-0.15, -0.1) is 0 Å². The predicted molar refractivity (Wildman–Crippen MR) is 91.7 cm³/mol. The number of nitrogens with one attached hydrogen (secondary N) is 1. The number of hydrogen-bond acceptors (Lipinski definition) is 2. The van der Waals surface area contributed by atoms with Gasteiger partial charge in [-0.05, 0) is 61.4 Å². The van der Waals surface area contributed by atoms with E-state index in [1.165, 1.54) is 31.2 Å². The number of benzene rings is 2. The van der Waals surface area contributed by atoms with Crippen LogP contribution in [0, 0.1) is 25.5 Å². The SMILES string of the molecule is Cc1cc(F)ccc1CNc1ccc(-n2nc(C(F)(F)F)cc2C)c(F)c1. The van der Waals surface area contributed by atoms with Crippen LogP contribution in [0.1, 0.15) is 22.5 Å². The van der Waals surface area contributed by atoms with E-state index in [0.29, 0.717) is 12.2 Å². The summed E-state index contributed by atoms with van der Waals surface area (Å²) in [6.07, 6.45) is -4.60. The Morgan fingerprint density at radius 2 is 1.74 bits per heavy atom. The molecule has 27 heavy (non-hydrogen) atoms. The highest BCUT2D eigenvalue weighted by Gasteiger charge is 2.34. The Morgan fingerprint density at radius 3 is 2.33 bits per heavy atom. The van der Waals surface area contributed by atoms with Crippen LogP contribution in [0.4, 0.5) is 27.6 Å². The van der Waals surface area contributed by atoms with E-state index < -0.39 is 17.7 Å². The van der Waals surface area contributed by atoms with Crippen molar-refractivity contribution < 1.29 is 22.0 Å². The summed E-state index contributed by atoms with van der Waals surface area (Å²) in [7, 11) is 0. The van der Waals surface area contributed by atoms with Crippen LogP contribution in [0.15, 0.2) is 42.5 Å². The molecule has 0 radical (unpaired) electrons. The van der Waals surface area contributed by atoms with Gasteiger partial charge < -0.3 is 5.32 Å². The first-order valence-corrected chi connectivity index (χ1v) is 8.08. The van der Waals surface area contributed by atoms with E-state index in [2.05, 4.69) is 10.4 Å². The Balaban J connectivity index is 1.81. The lowest BCUT2D eigenvalue weighted by Gasteiger charge is -2.11. The zero-order chi connectivity index (χ0) is 19.8. The standard InChI is InChI=1S/C19H16F5N3/c1-11-7-14(20)4-3-13(11)10-25-15-5-6-17(16(21)9-15)27-12(2)8-18(26-27)19(22,23)24/h3-9,25H,10H2,1-2H3. The van der Waals surface area contributed by atoms with Gasteiger partial charge in [0.05, 0.1) is 0 Å². The van der Waals surface area contributed by atoms with Crippen molar-refractivity contribution in [2.45, 2.75) is 26.6 Å². The Labute approximate surface area is 152 Å². The number of alkyl halides is 3. The van der Waals surface area contributed by atoms with Crippen LogP contribution in [-0.2, 0) is 12.7 Å². The van der Waals surface area contributed by atoms with E-state index >= 15 is 0 Å². The fourth-order valence-corrected chi connectivity index (χ4v) is 2.70. The highest BCUT2D eigenvalue weighted by molar-refractivity contribution is 5.50. The molecule has 2 aromatic carbocycles. The lowest BCUT2D eigenvalue weighted by Crippen LogP contribution is -2.08. The third-order valence-corrected chi connectivity index (χ3v) is 4.14. The van der Waals surface area contributed by atoms with Crippen LogP contribution in [0.2, 0.25) is 0 Å². The second-order valence-electron chi connectivity index (χ2n) is 6.17. The highest BCUT2D eigenvalue weighted by atomic mass is 19.4. The van der Waals surface area contributed by atoms with E-state index in [1.807, 2.05) is 0 Å². The molecule has 8 heteroatoms. The molecule has 1 aromatic heterocycles. The second-order valence-corrected chi connectivity index (χ2v) is 6.17. The summed E-state index contributed by atoms with van der Waals surface area (Å²) >= 11 is 0. The molecule has 142 valence electrons. The summed E-state index contributed by atoms with van der Waals surface area (Å²) in [5.41, 5.74) is 1.06. The molecule has 0 atom stereocenters. The van der Waals surface area contributed by atoms with Crippen molar-refractivity contribution in [3.05, 3.63) is 76.6 Å². The molecule has 0 aliphatic rings. The van der Waals surface area contributed by atoms with E-state index in [1.54, 1.807) is 19.1 Å². The summed E-state index contributed by atoms with van der Waals surface area (Å²) in [6, 6.07) is 9.33. The fraction of sp³-hybridized carbons (Fsp3) is 0.211. The average Bonchev–Trinajstić information content (AvgIpc) is 2.96. The normalized spacial score (nSPS) is 11.7. The number of hydrogen-bond donors (Lipinski definition) is 1. The molecule has 0 aliphatic heterocycles. The summed E-state index contributed by atoms with van der Waals surface area (Å²) in [4.78, 5) is 0. The maximum Gasteiger partial charge on any atom is 0.435 e. The van der Waals surface area contributed by atoms with Gasteiger partial charge in [-0.2, -0.15) is 18.3 Å². The average molecular weight is 381 g/mol. The molecular weight excluding hydrogens is 365 g/mol. The lowest BCUT2D eigenvalue weighted by atomic mass is 10.1. The van der Waals surface area contributed by atoms with Crippen LogP contribution in [0.25, 0.3) is 5.69 Å². The van der Waals surface area contributed by atoms with Gasteiger partial charge in [0.15, 0.2) is 11.5 Å². The largest absolute Gasteiger partial charge is 0.435 e. The number of aryl methyl sites for hydroxylation is 2. The third-order valence-electron chi connectivity index (χ3n) is 4.14. The van der Waals surface area contributed by atoms with Crippen molar-refractivity contribution in [1.82, 2.24) is 9.78 Å². The molecule has 0 fully saturated rings. The second kappa shape index (κ2) is 7.02. The van der Waals surface area contributed by atoms with Crippen molar-refractivity contribution in [2.75, 3.05) is 5.32 Å². The minimum absolute atomic E-state index is 0.0773. The van der Waals surface area contributed by atoms with Gasteiger partial charge in [-0.1, -0.05) is 6.07 Å². The lowest BCUT2D eigenvalue weighted by molar-refractivity contribution is -0.141. The maximum atomic E-state index is 14.4. The van der Waals surface area contributed by atoms with Crippen LogP contribution < -0.4 is 5.32 Å². The van der Waals surface area contributed by atoms with E-state index in [9.17, 15) is 22.0 Å². The fourth-order valence-electron chi connectivity index (χ4n) is 2.70. The minimum Gasteiger partial charge on any atom is -0.381 e. The van der Waals surface area contributed by atoms with E-state index in [-0.39, 0.29) is 17.2 Å². The Bertz CT molecular complexity index is 976. The number of rotatable bonds is 4. The number of anilines is 1. The van der Waals surface area contributed by atoms with Crippen molar-refractivity contribution in [2.24, 2.45) is 0 Å². The number of aromatic nitrogens is 2. The molecule has 0 saturated carbocycles. The molecule has 0 unspecified atom stereocenters. The van der Waals surface area contributed by atoms with Gasteiger partial charge >= 0.3 is 6.18 Å². The van der Waals surface area contributed by atoms with Crippen molar-refractivity contribution in [3.8, 4) is 5.69 Å². The zero-order valence-corrected chi connectivity index (χ0v) is 14.5. The summed E-state index contributed by atoms with van der Waals surface area (Å²) in [5, 5.41) is 6.46. The predicted octanol–water partition coefficient (Wildman–Crippen LogP) is 5.40. The van der Waals surface area contributed by atoms with Crippen LogP contribution in [-0.4, -0.2) is 9.78 Å². The Morgan fingerprint density at radius 1 is 1.00 bits per heavy atom. The van der Waals surface area contributed by atoms with Crippen molar-refractivity contribution in [3.63, 3.8) is 0 Å². The molecule has 1 N–H and O–H groups in total. The third kappa shape index (κ3) is 4.10. The molecule has 0 amide bonds.